The second-order valence-corrected chi connectivity index (χ2v) is 7.97. The van der Waals surface area contributed by atoms with Gasteiger partial charge in [-0.15, -0.1) is 0 Å². The minimum atomic E-state index is -1.02. The molecule has 2 aliphatic heterocycles. The van der Waals surface area contributed by atoms with Crippen LogP contribution >= 0.6 is 0 Å². The molecule has 2 aliphatic rings. The van der Waals surface area contributed by atoms with Crippen LogP contribution in [0.2, 0.25) is 0 Å². The molecule has 2 aromatic rings. The molecule has 0 radical (unpaired) electrons. The number of nitrogens with zero attached hydrogens (tertiary/aromatic N) is 2. The Balaban J connectivity index is 1.62. The van der Waals surface area contributed by atoms with Crippen molar-refractivity contribution >= 4 is 28.6 Å². The van der Waals surface area contributed by atoms with Gasteiger partial charge in [0.15, 0.2) is 0 Å². The summed E-state index contributed by atoms with van der Waals surface area (Å²) in [5.41, 5.74) is 0.497. The van der Waals surface area contributed by atoms with Crippen LogP contribution in [0.15, 0.2) is 54.6 Å². The molecule has 1 fully saturated rings. The molecule has 4 rings (SSSR count). The van der Waals surface area contributed by atoms with Crippen molar-refractivity contribution in [2.45, 2.75) is 31.0 Å². The van der Waals surface area contributed by atoms with Crippen LogP contribution in [-0.4, -0.2) is 71.0 Å². The quantitative estimate of drug-likeness (QED) is 0.759. The Labute approximate surface area is 175 Å². The van der Waals surface area contributed by atoms with E-state index in [2.05, 4.69) is 5.32 Å². The molecule has 0 aromatic heterocycles. The van der Waals surface area contributed by atoms with Gasteiger partial charge in [-0.05, 0) is 36.7 Å². The number of likely N-dealkylation sites (N-methyl/N-ethyl adjacent to an activating group) is 1. The van der Waals surface area contributed by atoms with Crippen molar-refractivity contribution < 1.29 is 19.5 Å². The van der Waals surface area contributed by atoms with Crippen molar-refractivity contribution in [1.29, 1.82) is 0 Å². The van der Waals surface area contributed by atoms with Gasteiger partial charge in [-0.25, -0.2) is 4.79 Å². The molecule has 2 aromatic carbocycles. The highest BCUT2D eigenvalue weighted by molar-refractivity contribution is 6.08. The molecular formula is C23H25N3O4. The van der Waals surface area contributed by atoms with Gasteiger partial charge in [-0.1, -0.05) is 48.6 Å². The van der Waals surface area contributed by atoms with E-state index in [-0.39, 0.29) is 24.4 Å². The third kappa shape index (κ3) is 3.80. The fraction of sp³-hybridized carbons (Fsp3) is 0.348. The molecule has 30 heavy (non-hydrogen) atoms. The van der Waals surface area contributed by atoms with Crippen molar-refractivity contribution in [2.75, 3.05) is 20.1 Å². The first kappa shape index (κ1) is 20.1. The second-order valence-electron chi connectivity index (χ2n) is 7.97. The Hall–Kier alpha value is -3.19. The van der Waals surface area contributed by atoms with Crippen LogP contribution in [-0.2, 0) is 9.59 Å². The minimum Gasteiger partial charge on any atom is -0.480 e. The van der Waals surface area contributed by atoms with Gasteiger partial charge in [0.2, 0.25) is 5.91 Å². The first-order chi connectivity index (χ1) is 14.5. The number of carbonyl (C=O) groups excluding carboxylic acids is 2. The van der Waals surface area contributed by atoms with Gasteiger partial charge >= 0.3 is 5.97 Å². The SMILES string of the molecule is CN1C[C@@H]2CC=CC[C@H](NC(=O)c3cccc4ccccc34)C(=O)N2[C@H](C(=O)O)C1. The summed E-state index contributed by atoms with van der Waals surface area (Å²) < 4.78 is 0. The monoisotopic (exact) mass is 407 g/mol. The number of carbonyl (C=O) groups is 3. The third-order valence-electron chi connectivity index (χ3n) is 5.86. The zero-order chi connectivity index (χ0) is 21.3. The van der Waals surface area contributed by atoms with Gasteiger partial charge in [-0.2, -0.15) is 0 Å². The summed E-state index contributed by atoms with van der Waals surface area (Å²) in [5.74, 6) is -1.70. The molecule has 2 heterocycles. The standard InChI is InChI=1S/C23H25N3O4/c1-25-13-16-9-3-5-12-19(22(28)26(16)20(14-25)23(29)30)24-21(27)18-11-6-8-15-7-2-4-10-17(15)18/h2-8,10-11,16,19-20H,9,12-14H2,1H3,(H,24,27)(H,29,30)/t16-,19-,20-/m0/s1. The molecule has 156 valence electrons. The Morgan fingerprint density at radius 1 is 1.03 bits per heavy atom. The number of nitrogens with one attached hydrogen (secondary N) is 1. The zero-order valence-corrected chi connectivity index (χ0v) is 16.8. The van der Waals surface area contributed by atoms with E-state index in [0.717, 1.165) is 10.8 Å². The van der Waals surface area contributed by atoms with Crippen LogP contribution in [0.4, 0.5) is 0 Å². The maximum atomic E-state index is 13.4. The lowest BCUT2D eigenvalue weighted by Crippen LogP contribution is -2.65. The van der Waals surface area contributed by atoms with Crippen LogP contribution in [0.3, 0.4) is 0 Å². The van der Waals surface area contributed by atoms with E-state index in [4.69, 9.17) is 0 Å². The normalized spacial score (nSPS) is 24.8. The van der Waals surface area contributed by atoms with Gasteiger partial charge in [0, 0.05) is 24.7 Å². The first-order valence-corrected chi connectivity index (χ1v) is 10.1. The molecule has 0 saturated carbocycles. The number of rotatable bonds is 3. The number of amides is 2. The molecule has 3 atom stereocenters. The molecule has 0 bridgehead atoms. The molecule has 7 heteroatoms. The summed E-state index contributed by atoms with van der Waals surface area (Å²) in [7, 11) is 1.86. The van der Waals surface area contributed by atoms with Crippen LogP contribution < -0.4 is 5.32 Å². The molecule has 2 N–H and O–H groups in total. The lowest BCUT2D eigenvalue weighted by atomic mass is 9.97. The van der Waals surface area contributed by atoms with E-state index >= 15 is 0 Å². The topological polar surface area (TPSA) is 90.0 Å². The number of hydrogen-bond donors (Lipinski definition) is 2. The number of carboxylic acid groups (broad SMARTS) is 1. The highest BCUT2D eigenvalue weighted by Gasteiger charge is 2.42. The molecule has 1 saturated heterocycles. The Kier molecular flexibility index (Phi) is 5.55. The van der Waals surface area contributed by atoms with Crippen LogP contribution in [0.5, 0.6) is 0 Å². The van der Waals surface area contributed by atoms with Gasteiger partial charge in [0.25, 0.3) is 5.91 Å². The first-order valence-electron chi connectivity index (χ1n) is 10.1. The predicted molar refractivity (Wildman–Crippen MR) is 113 cm³/mol. The van der Waals surface area contributed by atoms with E-state index in [1.807, 2.05) is 60.5 Å². The summed E-state index contributed by atoms with van der Waals surface area (Å²) in [5, 5.41) is 14.3. The van der Waals surface area contributed by atoms with Gasteiger partial charge in [0.05, 0.1) is 0 Å². The number of hydrogen-bond acceptors (Lipinski definition) is 4. The van der Waals surface area contributed by atoms with Crippen molar-refractivity contribution in [3.05, 3.63) is 60.2 Å². The Morgan fingerprint density at radius 2 is 1.77 bits per heavy atom. The van der Waals surface area contributed by atoms with Crippen molar-refractivity contribution in [1.82, 2.24) is 15.1 Å². The zero-order valence-electron chi connectivity index (χ0n) is 16.8. The Bertz CT molecular complexity index is 1010. The molecule has 2 amide bonds. The highest BCUT2D eigenvalue weighted by Crippen LogP contribution is 2.23. The van der Waals surface area contributed by atoms with Gasteiger partial charge < -0.3 is 20.2 Å². The molecule has 0 unspecified atom stereocenters. The summed E-state index contributed by atoms with van der Waals surface area (Å²) in [6, 6.07) is 11.1. The molecular weight excluding hydrogens is 382 g/mol. The second kappa shape index (κ2) is 8.28. The van der Waals surface area contributed by atoms with E-state index in [9.17, 15) is 19.5 Å². The largest absolute Gasteiger partial charge is 0.480 e. The summed E-state index contributed by atoms with van der Waals surface area (Å²) >= 11 is 0. The number of fused-ring (bicyclic) bond motifs is 2. The van der Waals surface area contributed by atoms with Gasteiger partial charge in [-0.3, -0.25) is 9.59 Å². The van der Waals surface area contributed by atoms with E-state index in [1.165, 1.54) is 4.90 Å². The number of piperazine rings is 1. The van der Waals surface area contributed by atoms with Crippen molar-refractivity contribution in [3.8, 4) is 0 Å². The fourth-order valence-electron chi connectivity index (χ4n) is 4.43. The minimum absolute atomic E-state index is 0.231. The van der Waals surface area contributed by atoms with Crippen molar-refractivity contribution in [2.24, 2.45) is 0 Å². The van der Waals surface area contributed by atoms with Crippen molar-refractivity contribution in [3.63, 3.8) is 0 Å². The smallest absolute Gasteiger partial charge is 0.327 e. The van der Waals surface area contributed by atoms with Gasteiger partial charge in [0.1, 0.15) is 12.1 Å². The maximum absolute atomic E-state index is 13.4. The lowest BCUT2D eigenvalue weighted by molar-refractivity contribution is -0.157. The average Bonchev–Trinajstić information content (AvgIpc) is 2.73. The summed E-state index contributed by atoms with van der Waals surface area (Å²) in [4.78, 5) is 41.7. The lowest BCUT2D eigenvalue weighted by Gasteiger charge is -2.45. The van der Waals surface area contributed by atoms with Crippen LogP contribution in [0, 0.1) is 0 Å². The predicted octanol–water partition coefficient (Wildman–Crippen LogP) is 1.88. The third-order valence-corrected chi connectivity index (χ3v) is 5.86. The van der Waals surface area contributed by atoms with E-state index in [0.29, 0.717) is 24.9 Å². The molecule has 0 aliphatic carbocycles. The molecule has 0 spiro atoms. The fourth-order valence-corrected chi connectivity index (χ4v) is 4.43. The number of benzene rings is 2. The maximum Gasteiger partial charge on any atom is 0.327 e. The highest BCUT2D eigenvalue weighted by atomic mass is 16.4. The number of aliphatic carboxylic acids is 1. The van der Waals surface area contributed by atoms with Crippen LogP contribution in [0.1, 0.15) is 23.2 Å². The summed E-state index contributed by atoms with van der Waals surface area (Å²) in [6.45, 7) is 0.870. The van der Waals surface area contributed by atoms with Crippen LogP contribution in [0.25, 0.3) is 10.8 Å². The molecule has 7 nitrogen and oxygen atoms in total. The Morgan fingerprint density at radius 3 is 2.57 bits per heavy atom. The van der Waals surface area contributed by atoms with E-state index < -0.39 is 18.1 Å². The van der Waals surface area contributed by atoms with E-state index in [1.54, 1.807) is 6.07 Å². The average molecular weight is 407 g/mol. The number of carboxylic acids is 1. The summed E-state index contributed by atoms with van der Waals surface area (Å²) in [6.07, 6.45) is 4.80.